The van der Waals surface area contributed by atoms with Crippen molar-refractivity contribution in [3.8, 4) is 0 Å². The van der Waals surface area contributed by atoms with Gasteiger partial charge in [0.15, 0.2) is 0 Å². The van der Waals surface area contributed by atoms with Crippen LogP contribution in [0.3, 0.4) is 0 Å². The first-order valence-corrected chi connectivity index (χ1v) is 7.96. The molecule has 21 heavy (non-hydrogen) atoms. The summed E-state index contributed by atoms with van der Waals surface area (Å²) in [5.41, 5.74) is 4.61. The maximum Gasteiger partial charge on any atom is 0.416 e. The monoisotopic (exact) mass is 323 g/mol. The van der Waals surface area contributed by atoms with E-state index in [1.807, 2.05) is 0 Å². The Morgan fingerprint density at radius 1 is 1.29 bits per heavy atom. The molecule has 0 fully saturated rings. The lowest BCUT2D eigenvalue weighted by molar-refractivity contribution is -0.137. The van der Waals surface area contributed by atoms with Crippen LogP contribution in [0, 0.1) is 5.92 Å². The molecule has 0 saturated carbocycles. The second-order valence-electron chi connectivity index (χ2n) is 5.09. The minimum atomic E-state index is -4.45. The fourth-order valence-electron chi connectivity index (χ4n) is 1.60. The zero-order chi connectivity index (χ0) is 16.0. The zero-order valence-corrected chi connectivity index (χ0v) is 12.9. The van der Waals surface area contributed by atoms with Crippen LogP contribution in [-0.4, -0.2) is 23.2 Å². The smallest absolute Gasteiger partial charge is 0.398 e. The number of alkyl halides is 3. The van der Waals surface area contributed by atoms with Crippen LogP contribution < -0.4 is 5.73 Å². The first-order valence-electron chi connectivity index (χ1n) is 6.64. The lowest BCUT2D eigenvalue weighted by Crippen LogP contribution is -2.11. The Bertz CT molecular complexity index is 490. The summed E-state index contributed by atoms with van der Waals surface area (Å²) >= 11 is 0. The number of rotatable bonds is 7. The highest BCUT2D eigenvalue weighted by atomic mass is 32.2. The number of nitrogen functional groups attached to an aromatic ring is 1. The van der Waals surface area contributed by atoms with E-state index in [4.69, 9.17) is 10.5 Å². The number of nitrogens with two attached hydrogens (primary N) is 1. The van der Waals surface area contributed by atoms with E-state index in [9.17, 15) is 17.4 Å². The van der Waals surface area contributed by atoms with Crippen molar-refractivity contribution < 1.29 is 22.1 Å². The maximum absolute atomic E-state index is 12.5. The molecule has 0 bridgehead atoms. The van der Waals surface area contributed by atoms with Crippen LogP contribution in [0.4, 0.5) is 18.9 Å². The SMILES string of the molecule is CC(C)CCOCCS(=O)c1ccc(C(F)(F)F)cc1N. The first kappa shape index (κ1) is 18.0. The predicted molar refractivity (Wildman–Crippen MR) is 77.4 cm³/mol. The fourth-order valence-corrected chi connectivity index (χ4v) is 2.63. The minimum absolute atomic E-state index is 0.106. The van der Waals surface area contributed by atoms with Gasteiger partial charge in [-0.05, 0) is 30.5 Å². The van der Waals surface area contributed by atoms with E-state index < -0.39 is 22.5 Å². The van der Waals surface area contributed by atoms with Crippen molar-refractivity contribution in [2.24, 2.45) is 5.92 Å². The predicted octanol–water partition coefficient (Wildman–Crippen LogP) is 3.46. The van der Waals surface area contributed by atoms with Crippen LogP contribution in [0.2, 0.25) is 0 Å². The van der Waals surface area contributed by atoms with E-state index in [0.717, 1.165) is 18.6 Å². The van der Waals surface area contributed by atoms with Gasteiger partial charge in [-0.1, -0.05) is 13.8 Å². The maximum atomic E-state index is 12.5. The van der Waals surface area contributed by atoms with Crippen molar-refractivity contribution in [1.29, 1.82) is 0 Å². The summed E-state index contributed by atoms with van der Waals surface area (Å²) in [5, 5.41) is 0. The average Bonchev–Trinajstić information content (AvgIpc) is 2.36. The van der Waals surface area contributed by atoms with Crippen molar-refractivity contribution in [3.05, 3.63) is 23.8 Å². The summed E-state index contributed by atoms with van der Waals surface area (Å²) in [6, 6.07) is 2.87. The molecule has 0 spiro atoms. The normalized spacial score (nSPS) is 13.6. The van der Waals surface area contributed by atoms with Crippen LogP contribution in [0.1, 0.15) is 25.8 Å². The highest BCUT2D eigenvalue weighted by Crippen LogP contribution is 2.32. The van der Waals surface area contributed by atoms with Gasteiger partial charge in [-0.2, -0.15) is 13.2 Å². The molecular formula is C14H20F3NO2S. The van der Waals surface area contributed by atoms with E-state index in [-0.39, 0.29) is 16.3 Å². The molecule has 0 saturated heterocycles. The summed E-state index contributed by atoms with van der Waals surface area (Å²) in [7, 11) is -1.46. The van der Waals surface area contributed by atoms with Gasteiger partial charge in [0.1, 0.15) is 0 Å². The van der Waals surface area contributed by atoms with Crippen LogP contribution in [-0.2, 0) is 21.7 Å². The highest BCUT2D eigenvalue weighted by molar-refractivity contribution is 7.85. The summed E-state index contributed by atoms with van der Waals surface area (Å²) < 4.78 is 54.8. The van der Waals surface area contributed by atoms with Gasteiger partial charge in [0, 0.05) is 12.3 Å². The largest absolute Gasteiger partial charge is 0.416 e. The Hall–Kier alpha value is -1.08. The molecular weight excluding hydrogens is 303 g/mol. The Morgan fingerprint density at radius 3 is 2.48 bits per heavy atom. The van der Waals surface area contributed by atoms with Gasteiger partial charge in [0.25, 0.3) is 0 Å². The van der Waals surface area contributed by atoms with Crippen LogP contribution >= 0.6 is 0 Å². The number of hydrogen-bond acceptors (Lipinski definition) is 3. The molecule has 3 nitrogen and oxygen atoms in total. The number of ether oxygens (including phenoxy) is 1. The third-order valence-corrected chi connectivity index (χ3v) is 4.23. The molecule has 1 rings (SSSR count). The first-order chi connectivity index (χ1) is 9.71. The third kappa shape index (κ3) is 6.05. The van der Waals surface area contributed by atoms with Gasteiger partial charge < -0.3 is 10.5 Å². The van der Waals surface area contributed by atoms with Crippen LogP contribution in [0.5, 0.6) is 0 Å². The standard InChI is InChI=1S/C14H20F3NO2S/c1-10(2)5-6-20-7-8-21(19)13-4-3-11(9-12(13)18)14(15,16)17/h3-4,9-10H,5-8,18H2,1-2H3. The Labute approximate surface area is 125 Å². The molecule has 0 aliphatic heterocycles. The summed E-state index contributed by atoms with van der Waals surface area (Å²) in [6.45, 7) is 5.02. The van der Waals surface area contributed by atoms with Crippen molar-refractivity contribution in [2.75, 3.05) is 24.7 Å². The Morgan fingerprint density at radius 2 is 1.95 bits per heavy atom. The van der Waals surface area contributed by atoms with Crippen molar-refractivity contribution in [3.63, 3.8) is 0 Å². The summed E-state index contributed by atoms with van der Waals surface area (Å²) in [5.74, 6) is 0.745. The molecule has 1 unspecified atom stereocenters. The second-order valence-corrected chi connectivity index (χ2v) is 6.63. The van der Waals surface area contributed by atoms with Gasteiger partial charge in [-0.15, -0.1) is 0 Å². The molecule has 0 amide bonds. The van der Waals surface area contributed by atoms with E-state index in [1.54, 1.807) is 0 Å². The molecule has 0 heterocycles. The number of benzene rings is 1. The molecule has 1 aromatic carbocycles. The third-order valence-electron chi connectivity index (χ3n) is 2.84. The Balaban J connectivity index is 2.55. The van der Waals surface area contributed by atoms with E-state index in [2.05, 4.69) is 13.8 Å². The van der Waals surface area contributed by atoms with Crippen molar-refractivity contribution >= 4 is 16.5 Å². The van der Waals surface area contributed by atoms with Crippen LogP contribution in [0.15, 0.2) is 23.1 Å². The molecule has 0 radical (unpaired) electrons. The molecule has 7 heteroatoms. The van der Waals surface area contributed by atoms with Crippen LogP contribution in [0.25, 0.3) is 0 Å². The minimum Gasteiger partial charge on any atom is -0.398 e. The lowest BCUT2D eigenvalue weighted by atomic mass is 10.1. The van der Waals surface area contributed by atoms with Gasteiger partial charge in [0.05, 0.1) is 33.6 Å². The Kier molecular flexibility index (Phi) is 6.67. The van der Waals surface area contributed by atoms with E-state index in [0.29, 0.717) is 19.1 Å². The topological polar surface area (TPSA) is 52.3 Å². The van der Waals surface area contributed by atoms with Gasteiger partial charge in [0.2, 0.25) is 0 Å². The average molecular weight is 323 g/mol. The van der Waals surface area contributed by atoms with E-state index >= 15 is 0 Å². The molecule has 2 N–H and O–H groups in total. The molecule has 1 aromatic rings. The van der Waals surface area contributed by atoms with Crippen molar-refractivity contribution in [1.82, 2.24) is 0 Å². The molecule has 0 aliphatic rings. The molecule has 0 aliphatic carbocycles. The zero-order valence-electron chi connectivity index (χ0n) is 12.1. The number of halogens is 3. The van der Waals surface area contributed by atoms with E-state index in [1.165, 1.54) is 6.07 Å². The van der Waals surface area contributed by atoms with Gasteiger partial charge in [-0.3, -0.25) is 4.21 Å². The summed E-state index contributed by atoms with van der Waals surface area (Å²) in [4.78, 5) is 0.218. The lowest BCUT2D eigenvalue weighted by Gasteiger charge is -2.11. The molecule has 1 atom stereocenters. The number of hydrogen-bond donors (Lipinski definition) is 1. The molecule has 0 aromatic heterocycles. The second kappa shape index (κ2) is 7.79. The quantitative estimate of drug-likeness (QED) is 0.617. The summed E-state index contributed by atoms with van der Waals surface area (Å²) in [6.07, 6.45) is -3.54. The highest BCUT2D eigenvalue weighted by Gasteiger charge is 2.31. The van der Waals surface area contributed by atoms with Gasteiger partial charge in [-0.25, -0.2) is 0 Å². The number of anilines is 1. The van der Waals surface area contributed by atoms with Gasteiger partial charge >= 0.3 is 6.18 Å². The van der Waals surface area contributed by atoms with Crippen molar-refractivity contribution in [2.45, 2.75) is 31.3 Å². The fraction of sp³-hybridized carbons (Fsp3) is 0.571. The molecule has 120 valence electrons.